The highest BCUT2D eigenvalue weighted by Crippen LogP contribution is 2.09. The topological polar surface area (TPSA) is 40.2 Å². The van der Waals surface area contributed by atoms with Crippen molar-refractivity contribution in [3.05, 3.63) is 54.4 Å². The molecule has 1 aromatic heterocycles. The first-order valence-electron chi connectivity index (χ1n) is 5.40. The van der Waals surface area contributed by atoms with E-state index < -0.39 is 0 Å². The Hall–Kier alpha value is -1.81. The molecular formula is C13H14N2OS. The molecule has 0 fully saturated rings. The van der Waals surface area contributed by atoms with Crippen LogP contribution in [0.2, 0.25) is 0 Å². The third-order valence-corrected chi connectivity index (χ3v) is 2.64. The molecule has 17 heavy (non-hydrogen) atoms. The summed E-state index contributed by atoms with van der Waals surface area (Å²) in [6.07, 6.45) is 1.95. The Labute approximate surface area is 106 Å². The molecular weight excluding hydrogens is 232 g/mol. The smallest absolute Gasteiger partial charge is 0.120 e. The largest absolute Gasteiger partial charge is 0.492 e. The summed E-state index contributed by atoms with van der Waals surface area (Å²) in [5, 5.41) is 0. The number of hydrogen-bond donors (Lipinski definition) is 1. The number of aromatic nitrogens is 1. The van der Waals surface area contributed by atoms with Crippen LogP contribution in [0.25, 0.3) is 0 Å². The second-order valence-electron chi connectivity index (χ2n) is 3.61. The maximum Gasteiger partial charge on any atom is 0.120 e. The molecule has 0 bridgehead atoms. The van der Waals surface area contributed by atoms with Crippen LogP contribution in [-0.4, -0.2) is 16.2 Å². The lowest BCUT2D eigenvalue weighted by atomic mass is 10.3. The number of ether oxygens (including phenoxy) is 1. The molecule has 0 radical (unpaired) electrons. The highest BCUT2D eigenvalue weighted by molar-refractivity contribution is 7.80. The van der Waals surface area contributed by atoms with Gasteiger partial charge in [0.05, 0.1) is 12.2 Å². The van der Waals surface area contributed by atoms with Crippen LogP contribution in [0.4, 0.5) is 0 Å². The fourth-order valence-corrected chi connectivity index (χ4v) is 1.80. The molecule has 0 aliphatic heterocycles. The molecule has 0 unspecified atom stereocenters. The summed E-state index contributed by atoms with van der Waals surface area (Å²) in [5.74, 6) is 0.872. The maximum atomic E-state index is 5.61. The van der Waals surface area contributed by atoms with E-state index >= 15 is 0 Å². The second kappa shape index (κ2) is 5.50. The molecule has 0 aliphatic rings. The van der Waals surface area contributed by atoms with Gasteiger partial charge in [0, 0.05) is 6.20 Å². The quantitative estimate of drug-likeness (QED) is 0.822. The average molecular weight is 246 g/mol. The summed E-state index contributed by atoms with van der Waals surface area (Å²) >= 11 is 4.96. The Balaban J connectivity index is 1.90. The van der Waals surface area contributed by atoms with Gasteiger partial charge in [-0.25, -0.2) is 0 Å². The van der Waals surface area contributed by atoms with E-state index in [1.807, 2.05) is 53.2 Å². The first-order valence-corrected chi connectivity index (χ1v) is 5.81. The average Bonchev–Trinajstić information content (AvgIpc) is 2.79. The standard InChI is InChI=1S/C13H14N2OS/c14-13(17)12-7-4-8-15(12)9-10-16-11-5-2-1-3-6-11/h1-8H,9-10H2,(H2,14,17). The Morgan fingerprint density at radius 3 is 2.65 bits per heavy atom. The SMILES string of the molecule is NC(=S)c1cccn1CCOc1ccccc1. The molecule has 2 rings (SSSR count). The van der Waals surface area contributed by atoms with E-state index in [2.05, 4.69) is 0 Å². The van der Waals surface area contributed by atoms with E-state index in [1.54, 1.807) is 0 Å². The molecule has 3 nitrogen and oxygen atoms in total. The zero-order chi connectivity index (χ0) is 12.1. The molecule has 0 saturated carbocycles. The third-order valence-electron chi connectivity index (χ3n) is 2.43. The fourth-order valence-electron chi connectivity index (χ4n) is 1.61. The minimum atomic E-state index is 0.412. The van der Waals surface area contributed by atoms with Crippen LogP contribution in [0, 0.1) is 0 Å². The monoisotopic (exact) mass is 246 g/mol. The van der Waals surface area contributed by atoms with Crippen LogP contribution in [0.1, 0.15) is 5.69 Å². The minimum Gasteiger partial charge on any atom is -0.492 e. The van der Waals surface area contributed by atoms with E-state index in [1.165, 1.54) is 0 Å². The second-order valence-corrected chi connectivity index (χ2v) is 4.05. The number of rotatable bonds is 5. The highest BCUT2D eigenvalue weighted by atomic mass is 32.1. The van der Waals surface area contributed by atoms with Gasteiger partial charge in [0.1, 0.15) is 17.3 Å². The summed E-state index contributed by atoms with van der Waals surface area (Å²) < 4.78 is 7.60. The Morgan fingerprint density at radius 1 is 1.18 bits per heavy atom. The lowest BCUT2D eigenvalue weighted by Crippen LogP contribution is -2.17. The van der Waals surface area contributed by atoms with Crippen molar-refractivity contribution in [3.63, 3.8) is 0 Å². The lowest BCUT2D eigenvalue weighted by Gasteiger charge is -2.09. The molecule has 2 N–H and O–H groups in total. The molecule has 88 valence electrons. The van der Waals surface area contributed by atoms with Crippen molar-refractivity contribution in [3.8, 4) is 5.75 Å². The molecule has 1 heterocycles. The van der Waals surface area contributed by atoms with Crippen molar-refractivity contribution >= 4 is 17.2 Å². The van der Waals surface area contributed by atoms with Crippen LogP contribution in [0.15, 0.2) is 48.7 Å². The van der Waals surface area contributed by atoms with Gasteiger partial charge in [-0.1, -0.05) is 30.4 Å². The molecule has 2 aromatic rings. The van der Waals surface area contributed by atoms with Crippen LogP contribution in [-0.2, 0) is 6.54 Å². The molecule has 1 aromatic carbocycles. The van der Waals surface area contributed by atoms with Gasteiger partial charge in [-0.05, 0) is 24.3 Å². The van der Waals surface area contributed by atoms with E-state index in [0.717, 1.165) is 18.0 Å². The molecule has 0 aliphatic carbocycles. The van der Waals surface area contributed by atoms with Gasteiger partial charge in [-0.2, -0.15) is 0 Å². The van der Waals surface area contributed by atoms with E-state index in [4.69, 9.17) is 22.7 Å². The number of para-hydroxylation sites is 1. The Bertz CT molecular complexity index is 493. The van der Waals surface area contributed by atoms with Gasteiger partial charge in [-0.3, -0.25) is 0 Å². The van der Waals surface area contributed by atoms with Crippen molar-refractivity contribution < 1.29 is 4.74 Å². The van der Waals surface area contributed by atoms with Crippen molar-refractivity contribution in [2.24, 2.45) is 5.73 Å². The zero-order valence-corrected chi connectivity index (χ0v) is 10.2. The van der Waals surface area contributed by atoms with Crippen molar-refractivity contribution in [2.75, 3.05) is 6.61 Å². The number of hydrogen-bond acceptors (Lipinski definition) is 2. The van der Waals surface area contributed by atoms with E-state index in [0.29, 0.717) is 11.6 Å². The summed E-state index contributed by atoms with van der Waals surface area (Å²) in [4.78, 5) is 0.412. The minimum absolute atomic E-state index is 0.412. The molecule has 0 amide bonds. The van der Waals surface area contributed by atoms with E-state index in [9.17, 15) is 0 Å². The molecule has 0 saturated heterocycles. The number of thiocarbonyl (C=S) groups is 1. The lowest BCUT2D eigenvalue weighted by molar-refractivity contribution is 0.298. The first kappa shape index (κ1) is 11.7. The maximum absolute atomic E-state index is 5.61. The third kappa shape index (κ3) is 3.07. The van der Waals surface area contributed by atoms with Crippen LogP contribution >= 0.6 is 12.2 Å². The van der Waals surface area contributed by atoms with Gasteiger partial charge in [0.15, 0.2) is 0 Å². The Morgan fingerprint density at radius 2 is 1.94 bits per heavy atom. The van der Waals surface area contributed by atoms with Gasteiger partial charge in [0.2, 0.25) is 0 Å². The van der Waals surface area contributed by atoms with Gasteiger partial charge in [-0.15, -0.1) is 0 Å². The van der Waals surface area contributed by atoms with Crippen LogP contribution in [0.3, 0.4) is 0 Å². The summed E-state index contributed by atoms with van der Waals surface area (Å²) in [6, 6.07) is 13.6. The summed E-state index contributed by atoms with van der Waals surface area (Å²) in [7, 11) is 0. The van der Waals surface area contributed by atoms with Crippen LogP contribution < -0.4 is 10.5 Å². The molecule has 0 spiro atoms. The van der Waals surface area contributed by atoms with Gasteiger partial charge < -0.3 is 15.0 Å². The van der Waals surface area contributed by atoms with Crippen LogP contribution in [0.5, 0.6) is 5.75 Å². The van der Waals surface area contributed by atoms with E-state index in [-0.39, 0.29) is 0 Å². The number of benzene rings is 1. The summed E-state index contributed by atoms with van der Waals surface area (Å²) in [6.45, 7) is 1.32. The van der Waals surface area contributed by atoms with Gasteiger partial charge in [0.25, 0.3) is 0 Å². The normalized spacial score (nSPS) is 10.1. The molecule has 4 heteroatoms. The van der Waals surface area contributed by atoms with Crippen molar-refractivity contribution in [2.45, 2.75) is 6.54 Å². The van der Waals surface area contributed by atoms with Crippen molar-refractivity contribution in [1.29, 1.82) is 0 Å². The predicted octanol–water partition coefficient (Wildman–Crippen LogP) is 2.20. The number of nitrogens with zero attached hydrogens (tertiary/aromatic N) is 1. The Kier molecular flexibility index (Phi) is 3.77. The fraction of sp³-hybridized carbons (Fsp3) is 0.154. The van der Waals surface area contributed by atoms with Crippen molar-refractivity contribution in [1.82, 2.24) is 4.57 Å². The number of nitrogens with two attached hydrogens (primary N) is 1. The zero-order valence-electron chi connectivity index (χ0n) is 9.37. The first-order chi connectivity index (χ1) is 8.27. The molecule has 0 atom stereocenters. The highest BCUT2D eigenvalue weighted by Gasteiger charge is 2.02. The predicted molar refractivity (Wildman–Crippen MR) is 72.3 cm³/mol. The summed E-state index contributed by atoms with van der Waals surface area (Å²) in [5.41, 5.74) is 6.48. The van der Waals surface area contributed by atoms with Gasteiger partial charge >= 0.3 is 0 Å².